The maximum Gasteiger partial charge on any atom is 0.348 e. The maximum absolute atomic E-state index is 11.4. The molecule has 0 aliphatic carbocycles. The van der Waals surface area contributed by atoms with Gasteiger partial charge in [0.2, 0.25) is 0 Å². The van der Waals surface area contributed by atoms with Crippen molar-refractivity contribution in [1.82, 2.24) is 0 Å². The Morgan fingerprint density at radius 3 is 2.67 bits per heavy atom. The fourth-order valence-corrected chi connectivity index (χ4v) is 1.17. The van der Waals surface area contributed by atoms with Gasteiger partial charge in [0.15, 0.2) is 0 Å². The predicted octanol–water partition coefficient (Wildman–Crippen LogP) is 2.60. The van der Waals surface area contributed by atoms with Gasteiger partial charge in [-0.2, -0.15) is 5.26 Å². The highest BCUT2D eigenvalue weighted by Crippen LogP contribution is 2.19. The maximum atomic E-state index is 11.4. The van der Waals surface area contributed by atoms with E-state index in [9.17, 15) is 4.79 Å². The Hall–Kier alpha value is -1.56. The van der Waals surface area contributed by atoms with Crippen molar-refractivity contribution in [3.63, 3.8) is 0 Å². The number of hydrogen-bond acceptors (Lipinski definition) is 3. The van der Waals surface area contributed by atoms with Gasteiger partial charge < -0.3 is 4.74 Å². The van der Waals surface area contributed by atoms with Gasteiger partial charge in [-0.05, 0) is 31.8 Å². The molecule has 0 rings (SSSR count). The number of esters is 1. The van der Waals surface area contributed by atoms with Gasteiger partial charge in [-0.1, -0.05) is 13.0 Å². The molecule has 0 aromatic heterocycles. The molecule has 0 saturated carbocycles. The summed E-state index contributed by atoms with van der Waals surface area (Å²) in [5.41, 5.74) is 0.877. The van der Waals surface area contributed by atoms with Crippen LogP contribution in [0, 0.1) is 17.2 Å². The van der Waals surface area contributed by atoms with Gasteiger partial charge in [0.1, 0.15) is 11.6 Å². The van der Waals surface area contributed by atoms with Crippen LogP contribution in [-0.2, 0) is 9.53 Å². The predicted molar refractivity (Wildman–Crippen MR) is 58.9 cm³/mol. The summed E-state index contributed by atoms with van der Waals surface area (Å²) < 4.78 is 4.80. The van der Waals surface area contributed by atoms with Crippen molar-refractivity contribution in [1.29, 1.82) is 5.26 Å². The van der Waals surface area contributed by atoms with Crippen molar-refractivity contribution in [3.05, 3.63) is 23.8 Å². The highest BCUT2D eigenvalue weighted by Gasteiger charge is 2.16. The van der Waals surface area contributed by atoms with Crippen molar-refractivity contribution in [2.75, 3.05) is 6.61 Å². The second kappa shape index (κ2) is 6.83. The molecule has 0 N–H and O–H groups in total. The molecule has 0 aliphatic rings. The SMILES string of the molecule is C=CC[C@@H](C)/C(C)=C(\C#N)C(=O)OCC. The number of nitrogens with zero attached hydrogens (tertiary/aromatic N) is 1. The van der Waals surface area contributed by atoms with E-state index in [2.05, 4.69) is 6.58 Å². The molecule has 3 heteroatoms. The second-order valence-electron chi connectivity index (χ2n) is 3.32. The van der Waals surface area contributed by atoms with Gasteiger partial charge in [0, 0.05) is 0 Å². The van der Waals surface area contributed by atoms with Crippen LogP contribution in [0.3, 0.4) is 0 Å². The highest BCUT2D eigenvalue weighted by molar-refractivity contribution is 5.93. The molecule has 1 atom stereocenters. The number of nitriles is 1. The first-order chi connectivity index (χ1) is 7.08. The van der Waals surface area contributed by atoms with Crippen LogP contribution in [0.4, 0.5) is 0 Å². The third-order valence-corrected chi connectivity index (χ3v) is 2.25. The third-order valence-electron chi connectivity index (χ3n) is 2.25. The van der Waals surface area contributed by atoms with Crippen LogP contribution in [0.25, 0.3) is 0 Å². The lowest BCUT2D eigenvalue weighted by Gasteiger charge is -2.11. The molecule has 0 radical (unpaired) electrons. The molecule has 0 saturated heterocycles. The average molecular weight is 207 g/mol. The summed E-state index contributed by atoms with van der Waals surface area (Å²) in [4.78, 5) is 11.4. The first kappa shape index (κ1) is 13.4. The van der Waals surface area contributed by atoms with Gasteiger partial charge in [-0.15, -0.1) is 6.58 Å². The van der Waals surface area contributed by atoms with Crippen LogP contribution in [0.15, 0.2) is 23.8 Å². The highest BCUT2D eigenvalue weighted by atomic mass is 16.5. The van der Waals surface area contributed by atoms with E-state index in [1.807, 2.05) is 13.0 Å². The van der Waals surface area contributed by atoms with Gasteiger partial charge >= 0.3 is 5.97 Å². The Morgan fingerprint density at radius 1 is 1.67 bits per heavy atom. The summed E-state index contributed by atoms with van der Waals surface area (Å²) >= 11 is 0. The number of carbonyl (C=O) groups excluding carboxylic acids is 1. The minimum atomic E-state index is -0.534. The summed E-state index contributed by atoms with van der Waals surface area (Å²) in [7, 11) is 0. The van der Waals surface area contributed by atoms with Gasteiger partial charge in [-0.25, -0.2) is 4.79 Å². The molecule has 0 heterocycles. The first-order valence-corrected chi connectivity index (χ1v) is 4.97. The Bertz CT molecular complexity index is 310. The van der Waals surface area contributed by atoms with E-state index in [4.69, 9.17) is 10.00 Å². The van der Waals surface area contributed by atoms with Crippen molar-refractivity contribution >= 4 is 5.97 Å². The van der Waals surface area contributed by atoms with E-state index < -0.39 is 5.97 Å². The number of hydrogen-bond donors (Lipinski definition) is 0. The lowest BCUT2D eigenvalue weighted by molar-refractivity contribution is -0.138. The summed E-state index contributed by atoms with van der Waals surface area (Å²) in [5.74, 6) is -0.394. The number of carbonyl (C=O) groups is 1. The Labute approximate surface area is 91.0 Å². The molecule has 3 nitrogen and oxygen atoms in total. The third kappa shape index (κ3) is 3.99. The molecule has 0 aromatic rings. The summed E-state index contributed by atoms with van der Waals surface area (Å²) in [6, 6.07) is 1.90. The molecule has 0 fully saturated rings. The van der Waals surface area contributed by atoms with Crippen LogP contribution in [0.1, 0.15) is 27.2 Å². The van der Waals surface area contributed by atoms with Crippen LogP contribution in [-0.4, -0.2) is 12.6 Å². The lowest BCUT2D eigenvalue weighted by atomic mass is 9.95. The molecule has 82 valence electrons. The lowest BCUT2D eigenvalue weighted by Crippen LogP contribution is -2.11. The Kier molecular flexibility index (Phi) is 6.12. The molecule has 0 aliphatic heterocycles. The Balaban J connectivity index is 4.90. The summed E-state index contributed by atoms with van der Waals surface area (Å²) in [6.45, 7) is 9.36. The van der Waals surface area contributed by atoms with E-state index in [-0.39, 0.29) is 18.1 Å². The molecule has 0 unspecified atom stereocenters. The second-order valence-corrected chi connectivity index (χ2v) is 3.32. The van der Waals surface area contributed by atoms with Gasteiger partial charge in [0.05, 0.1) is 6.61 Å². The monoisotopic (exact) mass is 207 g/mol. The standard InChI is InChI=1S/C12H17NO2/c1-5-7-9(3)10(4)11(8-13)12(14)15-6-2/h5,9H,1,6-7H2,2-4H3/b11-10+/t9-/m1/s1. The fraction of sp³-hybridized carbons (Fsp3) is 0.500. The van der Waals surface area contributed by atoms with Crippen molar-refractivity contribution in [2.24, 2.45) is 5.92 Å². The first-order valence-electron chi connectivity index (χ1n) is 4.97. The molecule has 0 aromatic carbocycles. The average Bonchev–Trinajstić information content (AvgIpc) is 2.19. The molecule has 15 heavy (non-hydrogen) atoms. The quantitative estimate of drug-likeness (QED) is 0.301. The number of rotatable bonds is 5. The van der Waals surface area contributed by atoms with Crippen LogP contribution < -0.4 is 0 Å². The van der Waals surface area contributed by atoms with Gasteiger partial charge in [-0.3, -0.25) is 0 Å². The normalized spacial score (nSPS) is 13.5. The minimum Gasteiger partial charge on any atom is -0.462 e. The molecule has 0 bridgehead atoms. The zero-order valence-corrected chi connectivity index (χ0v) is 9.54. The van der Waals surface area contributed by atoms with E-state index >= 15 is 0 Å². The van der Waals surface area contributed by atoms with Gasteiger partial charge in [0.25, 0.3) is 0 Å². The zero-order valence-electron chi connectivity index (χ0n) is 9.54. The van der Waals surface area contributed by atoms with E-state index in [0.29, 0.717) is 0 Å². The van der Waals surface area contributed by atoms with E-state index in [0.717, 1.165) is 12.0 Å². The summed E-state index contributed by atoms with van der Waals surface area (Å²) in [5, 5.41) is 8.88. The van der Waals surface area contributed by atoms with E-state index in [1.165, 1.54) is 0 Å². The topological polar surface area (TPSA) is 50.1 Å². The van der Waals surface area contributed by atoms with Crippen molar-refractivity contribution in [3.8, 4) is 6.07 Å². The van der Waals surface area contributed by atoms with Crippen molar-refractivity contribution in [2.45, 2.75) is 27.2 Å². The molecular formula is C12H17NO2. The van der Waals surface area contributed by atoms with Crippen LogP contribution in [0.5, 0.6) is 0 Å². The van der Waals surface area contributed by atoms with Crippen LogP contribution in [0.2, 0.25) is 0 Å². The fourth-order valence-electron chi connectivity index (χ4n) is 1.17. The Morgan fingerprint density at radius 2 is 2.27 bits per heavy atom. The largest absolute Gasteiger partial charge is 0.462 e. The van der Waals surface area contributed by atoms with Crippen molar-refractivity contribution < 1.29 is 9.53 Å². The molecule has 0 amide bonds. The van der Waals surface area contributed by atoms with E-state index in [1.54, 1.807) is 19.9 Å². The smallest absolute Gasteiger partial charge is 0.348 e. The van der Waals surface area contributed by atoms with Crippen LogP contribution >= 0.6 is 0 Å². The number of allylic oxidation sites excluding steroid dienone is 2. The number of ether oxygens (including phenoxy) is 1. The zero-order chi connectivity index (χ0) is 11.8. The molecule has 0 spiro atoms. The molecular weight excluding hydrogens is 190 g/mol. The minimum absolute atomic E-state index is 0.117. The summed E-state index contributed by atoms with van der Waals surface area (Å²) in [6.07, 6.45) is 2.52.